The molecule has 1 aromatic rings. The molecular weight excluding hydrogens is 178 g/mol. The molecule has 0 saturated carbocycles. The first-order valence-corrected chi connectivity index (χ1v) is 5.77. The summed E-state index contributed by atoms with van der Waals surface area (Å²) in [6, 6.07) is 3.97. The summed E-state index contributed by atoms with van der Waals surface area (Å²) in [6.07, 6.45) is 0. The molecular formula is C7H11NOS2. The highest BCUT2D eigenvalue weighted by atomic mass is 32.2. The lowest BCUT2D eigenvalue weighted by Gasteiger charge is -1.95. The van der Waals surface area contributed by atoms with Crippen LogP contribution < -0.4 is 5.73 Å². The van der Waals surface area contributed by atoms with Gasteiger partial charge in [0.25, 0.3) is 0 Å². The third-order valence-electron chi connectivity index (χ3n) is 1.23. The van der Waals surface area contributed by atoms with E-state index in [1.807, 2.05) is 17.5 Å². The predicted molar refractivity (Wildman–Crippen MR) is 50.1 cm³/mol. The maximum absolute atomic E-state index is 11.1. The van der Waals surface area contributed by atoms with Crippen LogP contribution in [0.1, 0.15) is 4.88 Å². The van der Waals surface area contributed by atoms with Crippen LogP contribution >= 0.6 is 11.3 Å². The van der Waals surface area contributed by atoms with Gasteiger partial charge in [-0.3, -0.25) is 4.21 Å². The first kappa shape index (κ1) is 8.90. The zero-order valence-electron chi connectivity index (χ0n) is 6.16. The van der Waals surface area contributed by atoms with Crippen molar-refractivity contribution in [3.05, 3.63) is 22.4 Å². The molecule has 1 heterocycles. The summed E-state index contributed by atoms with van der Waals surface area (Å²) in [4.78, 5) is 1.18. The van der Waals surface area contributed by atoms with Crippen LogP contribution in [0.15, 0.2) is 17.5 Å². The number of rotatable bonds is 4. The van der Waals surface area contributed by atoms with E-state index in [1.54, 1.807) is 11.3 Å². The predicted octanol–water partition coefficient (Wildman–Crippen LogP) is 0.956. The van der Waals surface area contributed by atoms with Gasteiger partial charge in [-0.2, -0.15) is 0 Å². The SMILES string of the molecule is NCCS(=O)Cc1cccs1. The molecule has 0 saturated heterocycles. The van der Waals surface area contributed by atoms with Gasteiger partial charge in [-0.1, -0.05) is 6.07 Å². The van der Waals surface area contributed by atoms with Crippen LogP contribution in [0.2, 0.25) is 0 Å². The van der Waals surface area contributed by atoms with Crippen molar-refractivity contribution in [3.63, 3.8) is 0 Å². The van der Waals surface area contributed by atoms with Crippen molar-refractivity contribution >= 4 is 22.1 Å². The minimum Gasteiger partial charge on any atom is -0.330 e. The fourth-order valence-electron chi connectivity index (χ4n) is 0.757. The molecule has 1 aromatic heterocycles. The molecule has 0 spiro atoms. The minimum atomic E-state index is -0.764. The van der Waals surface area contributed by atoms with Crippen molar-refractivity contribution in [3.8, 4) is 0 Å². The van der Waals surface area contributed by atoms with Crippen LogP contribution in [-0.2, 0) is 16.6 Å². The average Bonchev–Trinajstić information content (AvgIpc) is 2.40. The van der Waals surface area contributed by atoms with Crippen LogP contribution in [0, 0.1) is 0 Å². The van der Waals surface area contributed by atoms with Crippen LogP contribution in [-0.4, -0.2) is 16.5 Å². The van der Waals surface area contributed by atoms with E-state index in [0.29, 0.717) is 18.1 Å². The lowest BCUT2D eigenvalue weighted by atomic mass is 10.5. The van der Waals surface area contributed by atoms with E-state index in [0.717, 1.165) is 0 Å². The topological polar surface area (TPSA) is 43.1 Å². The lowest BCUT2D eigenvalue weighted by molar-refractivity contribution is 0.682. The summed E-state index contributed by atoms with van der Waals surface area (Å²) in [5, 5.41) is 2.00. The Bertz CT molecular complexity index is 220. The van der Waals surface area contributed by atoms with E-state index in [-0.39, 0.29) is 0 Å². The summed E-state index contributed by atoms with van der Waals surface area (Å²) in [7, 11) is -0.764. The van der Waals surface area contributed by atoms with Gasteiger partial charge >= 0.3 is 0 Å². The van der Waals surface area contributed by atoms with E-state index in [1.165, 1.54) is 4.88 Å². The van der Waals surface area contributed by atoms with E-state index >= 15 is 0 Å². The number of hydrogen-bond donors (Lipinski definition) is 1. The lowest BCUT2D eigenvalue weighted by Crippen LogP contribution is -2.10. The summed E-state index contributed by atoms with van der Waals surface area (Å²) >= 11 is 1.64. The zero-order valence-corrected chi connectivity index (χ0v) is 7.79. The van der Waals surface area contributed by atoms with Crippen molar-refractivity contribution in [2.24, 2.45) is 5.73 Å². The first-order chi connectivity index (χ1) is 5.33. The standard InChI is InChI=1S/C7H11NOS2/c8-3-5-11(9)6-7-2-1-4-10-7/h1-2,4H,3,5-6,8H2. The van der Waals surface area contributed by atoms with E-state index < -0.39 is 10.8 Å². The molecule has 2 N–H and O–H groups in total. The largest absolute Gasteiger partial charge is 0.330 e. The van der Waals surface area contributed by atoms with Crippen molar-refractivity contribution in [1.29, 1.82) is 0 Å². The van der Waals surface area contributed by atoms with Crippen molar-refractivity contribution in [2.45, 2.75) is 5.75 Å². The quantitative estimate of drug-likeness (QED) is 0.766. The Kier molecular flexibility index (Phi) is 3.76. The second kappa shape index (κ2) is 4.64. The monoisotopic (exact) mass is 189 g/mol. The van der Waals surface area contributed by atoms with Gasteiger partial charge < -0.3 is 5.73 Å². The second-order valence-electron chi connectivity index (χ2n) is 2.16. The maximum Gasteiger partial charge on any atom is 0.0580 e. The van der Waals surface area contributed by atoms with Gasteiger partial charge in [0.2, 0.25) is 0 Å². The Morgan fingerprint density at radius 1 is 1.64 bits per heavy atom. The molecule has 1 unspecified atom stereocenters. The molecule has 0 aliphatic carbocycles. The van der Waals surface area contributed by atoms with Gasteiger partial charge in [-0.05, 0) is 11.4 Å². The molecule has 0 amide bonds. The summed E-state index contributed by atoms with van der Waals surface area (Å²) < 4.78 is 11.1. The molecule has 1 atom stereocenters. The average molecular weight is 189 g/mol. The first-order valence-electron chi connectivity index (χ1n) is 3.40. The normalized spacial score (nSPS) is 13.2. The maximum atomic E-state index is 11.1. The number of nitrogens with two attached hydrogens (primary N) is 1. The van der Waals surface area contributed by atoms with Gasteiger partial charge in [0, 0.05) is 28.0 Å². The van der Waals surface area contributed by atoms with Crippen LogP contribution in [0.3, 0.4) is 0 Å². The smallest absolute Gasteiger partial charge is 0.0580 e. The minimum absolute atomic E-state index is 0.512. The van der Waals surface area contributed by atoms with Crippen molar-refractivity contribution < 1.29 is 4.21 Å². The Morgan fingerprint density at radius 2 is 2.45 bits per heavy atom. The summed E-state index contributed by atoms with van der Waals surface area (Å²) in [5.74, 6) is 1.27. The highest BCUT2D eigenvalue weighted by Crippen LogP contribution is 2.10. The van der Waals surface area contributed by atoms with Gasteiger partial charge in [-0.15, -0.1) is 11.3 Å². The van der Waals surface area contributed by atoms with Gasteiger partial charge in [0.1, 0.15) is 0 Å². The molecule has 2 nitrogen and oxygen atoms in total. The summed E-state index contributed by atoms with van der Waals surface area (Å²) in [6.45, 7) is 0.512. The Hall–Kier alpha value is -0.190. The fraction of sp³-hybridized carbons (Fsp3) is 0.429. The van der Waals surface area contributed by atoms with E-state index in [9.17, 15) is 4.21 Å². The van der Waals surface area contributed by atoms with Crippen LogP contribution in [0.25, 0.3) is 0 Å². The van der Waals surface area contributed by atoms with E-state index in [2.05, 4.69) is 0 Å². The molecule has 0 fully saturated rings. The third-order valence-corrected chi connectivity index (χ3v) is 3.61. The van der Waals surface area contributed by atoms with Gasteiger partial charge in [0.05, 0.1) is 5.75 Å². The zero-order chi connectivity index (χ0) is 8.10. The molecule has 0 bridgehead atoms. The van der Waals surface area contributed by atoms with Crippen molar-refractivity contribution in [2.75, 3.05) is 12.3 Å². The molecule has 0 radical (unpaired) electrons. The third kappa shape index (κ3) is 3.14. The van der Waals surface area contributed by atoms with Gasteiger partial charge in [-0.25, -0.2) is 0 Å². The van der Waals surface area contributed by atoms with E-state index in [4.69, 9.17) is 5.73 Å². The Morgan fingerprint density at radius 3 is 3.00 bits per heavy atom. The highest BCUT2D eigenvalue weighted by molar-refractivity contribution is 7.84. The van der Waals surface area contributed by atoms with Crippen LogP contribution in [0.4, 0.5) is 0 Å². The number of hydrogen-bond acceptors (Lipinski definition) is 3. The molecule has 0 aliphatic rings. The second-order valence-corrected chi connectivity index (χ2v) is 4.77. The Labute approximate surface area is 72.9 Å². The van der Waals surface area contributed by atoms with Gasteiger partial charge in [0.15, 0.2) is 0 Å². The molecule has 0 aromatic carbocycles. The van der Waals surface area contributed by atoms with Crippen molar-refractivity contribution in [1.82, 2.24) is 0 Å². The molecule has 0 aliphatic heterocycles. The number of thiophene rings is 1. The molecule has 11 heavy (non-hydrogen) atoms. The molecule has 62 valence electrons. The Balaban J connectivity index is 2.37. The molecule has 4 heteroatoms. The summed E-state index contributed by atoms with van der Waals surface area (Å²) in [5.41, 5.74) is 5.27. The molecule has 1 rings (SSSR count). The highest BCUT2D eigenvalue weighted by Gasteiger charge is 2.00. The fourth-order valence-corrected chi connectivity index (χ4v) is 2.73. The van der Waals surface area contributed by atoms with Crippen LogP contribution in [0.5, 0.6) is 0 Å².